The van der Waals surface area contributed by atoms with Gasteiger partial charge in [0.25, 0.3) is 0 Å². The quantitative estimate of drug-likeness (QED) is 0.662. The van der Waals surface area contributed by atoms with E-state index in [4.69, 9.17) is 10.2 Å². The maximum absolute atomic E-state index is 12.9. The molecule has 0 bridgehead atoms. The Bertz CT molecular complexity index is 211. The summed E-state index contributed by atoms with van der Waals surface area (Å²) in [4.78, 5) is 0. The van der Waals surface area contributed by atoms with Crippen molar-refractivity contribution in [3.05, 3.63) is 23.0 Å². The Balaban J connectivity index is 4.48. The van der Waals surface area contributed by atoms with E-state index in [9.17, 15) is 4.39 Å². The zero-order valence-corrected chi connectivity index (χ0v) is 8.34. The Morgan fingerprint density at radius 2 is 1.92 bits per heavy atom. The first-order valence-corrected chi connectivity index (χ1v) is 4.26. The molecule has 0 fully saturated rings. The molecule has 0 amide bonds. The number of hydrogen-bond donors (Lipinski definition) is 2. The fraction of sp³-hybridized carbons (Fsp3) is 0.600. The van der Waals surface area contributed by atoms with Gasteiger partial charge in [-0.1, -0.05) is 11.6 Å². The fourth-order valence-corrected chi connectivity index (χ4v) is 0.966. The topological polar surface area (TPSA) is 40.5 Å². The summed E-state index contributed by atoms with van der Waals surface area (Å²) in [6, 6.07) is 0. The third-order valence-electron chi connectivity index (χ3n) is 1.57. The van der Waals surface area contributed by atoms with Crippen molar-refractivity contribution in [1.82, 2.24) is 0 Å². The highest BCUT2D eigenvalue weighted by molar-refractivity contribution is 5.24. The van der Waals surface area contributed by atoms with Gasteiger partial charge in [0, 0.05) is 6.42 Å². The highest BCUT2D eigenvalue weighted by atomic mass is 19.1. The lowest BCUT2D eigenvalue weighted by Crippen LogP contribution is -2.12. The van der Waals surface area contributed by atoms with E-state index in [1.165, 1.54) is 6.92 Å². The van der Waals surface area contributed by atoms with Crippen LogP contribution >= 0.6 is 0 Å². The summed E-state index contributed by atoms with van der Waals surface area (Å²) in [5.74, 6) is -0.311. The minimum atomic E-state index is -0.878. The summed E-state index contributed by atoms with van der Waals surface area (Å²) in [6.45, 7) is 4.72. The van der Waals surface area contributed by atoms with Crippen LogP contribution in [0.15, 0.2) is 23.0 Å². The molecule has 1 unspecified atom stereocenters. The van der Waals surface area contributed by atoms with Crippen molar-refractivity contribution in [2.45, 2.75) is 33.3 Å². The Hall–Kier alpha value is -0.670. The Morgan fingerprint density at radius 1 is 1.38 bits per heavy atom. The highest BCUT2D eigenvalue weighted by Crippen LogP contribution is 2.15. The molecule has 0 aliphatic carbocycles. The van der Waals surface area contributed by atoms with E-state index in [0.717, 1.165) is 5.57 Å². The van der Waals surface area contributed by atoms with Crippen LogP contribution in [0.25, 0.3) is 0 Å². The van der Waals surface area contributed by atoms with Gasteiger partial charge in [0.1, 0.15) is 5.83 Å². The zero-order valence-electron chi connectivity index (χ0n) is 8.34. The van der Waals surface area contributed by atoms with Crippen LogP contribution in [-0.4, -0.2) is 22.9 Å². The second-order valence-electron chi connectivity index (χ2n) is 3.32. The van der Waals surface area contributed by atoms with Gasteiger partial charge in [-0.2, -0.15) is 0 Å². The molecule has 0 heterocycles. The number of rotatable bonds is 4. The molecule has 0 aromatic carbocycles. The highest BCUT2D eigenvalue weighted by Gasteiger charge is 2.07. The van der Waals surface area contributed by atoms with Gasteiger partial charge in [-0.05, 0) is 26.3 Å². The number of hydrogen-bond acceptors (Lipinski definition) is 2. The molecule has 1 atom stereocenters. The van der Waals surface area contributed by atoms with Crippen molar-refractivity contribution >= 4 is 0 Å². The van der Waals surface area contributed by atoms with Gasteiger partial charge in [-0.25, -0.2) is 4.39 Å². The SMILES string of the molecule is CC(C)=CC(CC(O)CO)=C(C)F. The van der Waals surface area contributed by atoms with E-state index in [1.807, 2.05) is 13.8 Å². The Morgan fingerprint density at radius 3 is 2.23 bits per heavy atom. The van der Waals surface area contributed by atoms with Gasteiger partial charge in [0.05, 0.1) is 12.7 Å². The van der Waals surface area contributed by atoms with Crippen LogP contribution in [-0.2, 0) is 0 Å². The predicted molar refractivity (Wildman–Crippen MR) is 50.9 cm³/mol. The van der Waals surface area contributed by atoms with Crippen LogP contribution in [0.1, 0.15) is 27.2 Å². The van der Waals surface area contributed by atoms with Crippen LogP contribution < -0.4 is 0 Å². The largest absolute Gasteiger partial charge is 0.394 e. The molecule has 0 saturated carbocycles. The van der Waals surface area contributed by atoms with E-state index >= 15 is 0 Å². The van der Waals surface area contributed by atoms with Gasteiger partial charge in [0.2, 0.25) is 0 Å². The van der Waals surface area contributed by atoms with E-state index < -0.39 is 6.10 Å². The first kappa shape index (κ1) is 12.3. The van der Waals surface area contributed by atoms with Crippen LogP contribution in [0.4, 0.5) is 4.39 Å². The van der Waals surface area contributed by atoms with Gasteiger partial charge in [0.15, 0.2) is 0 Å². The number of halogens is 1. The summed E-state index contributed by atoms with van der Waals surface area (Å²) in [5, 5.41) is 17.7. The van der Waals surface area contributed by atoms with Crippen LogP contribution in [0.5, 0.6) is 0 Å². The lowest BCUT2D eigenvalue weighted by molar-refractivity contribution is 0.0956. The third-order valence-corrected chi connectivity index (χ3v) is 1.57. The van der Waals surface area contributed by atoms with Crippen molar-refractivity contribution in [2.24, 2.45) is 0 Å². The molecule has 2 N–H and O–H groups in total. The van der Waals surface area contributed by atoms with E-state index in [2.05, 4.69) is 0 Å². The Labute approximate surface area is 78.4 Å². The summed E-state index contributed by atoms with van der Waals surface area (Å²) in [6.07, 6.45) is 0.953. The van der Waals surface area contributed by atoms with Crippen LogP contribution in [0.3, 0.4) is 0 Å². The molecular weight excluding hydrogens is 171 g/mol. The molecular formula is C10H17FO2. The predicted octanol–water partition coefficient (Wildman–Crippen LogP) is 1.94. The lowest BCUT2D eigenvalue weighted by Gasteiger charge is -2.08. The van der Waals surface area contributed by atoms with Crippen molar-refractivity contribution in [1.29, 1.82) is 0 Å². The number of aliphatic hydroxyl groups excluding tert-OH is 2. The van der Waals surface area contributed by atoms with Gasteiger partial charge < -0.3 is 10.2 Å². The number of allylic oxidation sites excluding steroid dienone is 3. The van der Waals surface area contributed by atoms with Gasteiger partial charge in [-0.3, -0.25) is 0 Å². The fourth-order valence-electron chi connectivity index (χ4n) is 0.966. The second kappa shape index (κ2) is 5.89. The Kier molecular flexibility index (Phi) is 5.58. The summed E-state index contributed by atoms with van der Waals surface area (Å²) in [7, 11) is 0. The molecule has 0 radical (unpaired) electrons. The summed E-state index contributed by atoms with van der Waals surface area (Å²) in [5.41, 5.74) is 1.42. The van der Waals surface area contributed by atoms with Crippen molar-refractivity contribution in [3.8, 4) is 0 Å². The summed E-state index contributed by atoms with van der Waals surface area (Å²) >= 11 is 0. The van der Waals surface area contributed by atoms with E-state index in [-0.39, 0.29) is 18.9 Å². The molecule has 0 aromatic heterocycles. The zero-order chi connectivity index (χ0) is 10.4. The normalized spacial score (nSPS) is 14.9. The molecule has 0 aliphatic rings. The first-order valence-electron chi connectivity index (χ1n) is 4.26. The molecule has 0 rings (SSSR count). The van der Waals surface area contributed by atoms with Crippen LogP contribution in [0, 0.1) is 0 Å². The van der Waals surface area contributed by atoms with Crippen LogP contribution in [0.2, 0.25) is 0 Å². The lowest BCUT2D eigenvalue weighted by atomic mass is 10.1. The molecule has 76 valence electrons. The maximum Gasteiger partial charge on any atom is 0.100 e. The molecule has 13 heavy (non-hydrogen) atoms. The van der Waals surface area contributed by atoms with E-state index in [1.54, 1.807) is 6.08 Å². The molecule has 0 aromatic rings. The van der Waals surface area contributed by atoms with Gasteiger partial charge in [-0.15, -0.1) is 0 Å². The second-order valence-corrected chi connectivity index (χ2v) is 3.32. The van der Waals surface area contributed by atoms with Crippen molar-refractivity contribution in [2.75, 3.05) is 6.61 Å². The number of aliphatic hydroxyl groups is 2. The molecule has 0 spiro atoms. The standard InChI is InChI=1S/C10H17FO2/c1-7(2)4-9(8(3)11)5-10(13)6-12/h4,10,12-13H,5-6H2,1-3H3. The minimum Gasteiger partial charge on any atom is -0.394 e. The molecule has 3 heteroatoms. The monoisotopic (exact) mass is 188 g/mol. The van der Waals surface area contributed by atoms with Crippen molar-refractivity contribution in [3.63, 3.8) is 0 Å². The average Bonchev–Trinajstić information content (AvgIpc) is 2.02. The average molecular weight is 188 g/mol. The third kappa shape index (κ3) is 5.55. The first-order chi connectivity index (χ1) is 5.97. The molecule has 2 nitrogen and oxygen atoms in total. The maximum atomic E-state index is 12.9. The van der Waals surface area contributed by atoms with E-state index in [0.29, 0.717) is 5.57 Å². The minimum absolute atomic E-state index is 0.157. The molecule has 0 aliphatic heterocycles. The molecule has 0 saturated heterocycles. The van der Waals surface area contributed by atoms with Crippen molar-refractivity contribution < 1.29 is 14.6 Å². The van der Waals surface area contributed by atoms with Gasteiger partial charge >= 0.3 is 0 Å². The smallest absolute Gasteiger partial charge is 0.100 e. The summed E-state index contributed by atoms with van der Waals surface area (Å²) < 4.78 is 12.9.